The molecule has 1 aromatic carbocycles. The number of H-pyrrole nitrogens is 1. The zero-order valence-corrected chi connectivity index (χ0v) is 10.2. The van der Waals surface area contributed by atoms with Crippen molar-refractivity contribution in [2.24, 2.45) is 0 Å². The molecule has 0 unspecified atom stereocenters. The third kappa shape index (κ3) is 2.10. The maximum absolute atomic E-state index is 10.7. The molecule has 0 aliphatic carbocycles. The number of benzene rings is 1. The first-order valence-corrected chi connectivity index (χ1v) is 5.49. The Morgan fingerprint density at radius 2 is 2.25 bits per heavy atom. The molecular formula is C10H6BrClN2O2. The summed E-state index contributed by atoms with van der Waals surface area (Å²) in [5, 5.41) is 9.32. The summed E-state index contributed by atoms with van der Waals surface area (Å²) in [4.78, 5) is 17.4. The topological polar surface area (TPSA) is 66.0 Å². The van der Waals surface area contributed by atoms with Crippen LogP contribution in [-0.2, 0) is 0 Å². The number of nitrogens with zero attached hydrogens (tertiary/aromatic N) is 1. The van der Waals surface area contributed by atoms with Crippen LogP contribution in [0.1, 0.15) is 10.5 Å². The Bertz CT molecular complexity index is 554. The van der Waals surface area contributed by atoms with Crippen molar-refractivity contribution in [1.29, 1.82) is 0 Å². The van der Waals surface area contributed by atoms with Gasteiger partial charge in [-0.3, -0.25) is 0 Å². The minimum Gasteiger partial charge on any atom is -0.477 e. The number of hydrogen-bond donors (Lipinski definition) is 2. The molecule has 0 aliphatic rings. The third-order valence-corrected chi connectivity index (χ3v) is 2.92. The predicted octanol–water partition coefficient (Wildman–Crippen LogP) is 3.19. The molecule has 0 atom stereocenters. The lowest BCUT2D eigenvalue weighted by atomic mass is 10.2. The molecule has 6 heteroatoms. The Hall–Kier alpha value is -1.33. The van der Waals surface area contributed by atoms with Gasteiger partial charge in [-0.05, 0) is 18.2 Å². The molecule has 0 spiro atoms. The second-order valence-corrected chi connectivity index (χ2v) is 4.37. The van der Waals surface area contributed by atoms with E-state index >= 15 is 0 Å². The predicted molar refractivity (Wildman–Crippen MR) is 63.7 cm³/mol. The lowest BCUT2D eigenvalue weighted by Crippen LogP contribution is -1.95. The van der Waals surface area contributed by atoms with Gasteiger partial charge in [0.2, 0.25) is 0 Å². The molecule has 1 heterocycles. The number of imidazole rings is 1. The number of carbonyl (C=O) groups is 1. The maximum atomic E-state index is 10.7. The van der Waals surface area contributed by atoms with Crippen molar-refractivity contribution in [2.45, 2.75) is 0 Å². The SMILES string of the molecule is O=C(O)c1cnc(-c2cc(Cl)ccc2Br)[nH]1. The smallest absolute Gasteiger partial charge is 0.353 e. The van der Waals surface area contributed by atoms with Crippen LogP contribution in [0.5, 0.6) is 0 Å². The molecule has 2 rings (SSSR count). The van der Waals surface area contributed by atoms with E-state index in [-0.39, 0.29) is 5.69 Å². The van der Waals surface area contributed by atoms with E-state index in [0.29, 0.717) is 10.8 Å². The normalized spacial score (nSPS) is 10.4. The molecule has 0 aliphatic heterocycles. The first kappa shape index (κ1) is 11.2. The summed E-state index contributed by atoms with van der Waals surface area (Å²) in [5.41, 5.74) is 0.766. The lowest BCUT2D eigenvalue weighted by molar-refractivity contribution is 0.0691. The van der Waals surface area contributed by atoms with Crippen molar-refractivity contribution in [1.82, 2.24) is 9.97 Å². The second-order valence-electron chi connectivity index (χ2n) is 3.07. The van der Waals surface area contributed by atoms with Gasteiger partial charge < -0.3 is 10.1 Å². The molecule has 0 fully saturated rings. The highest BCUT2D eigenvalue weighted by molar-refractivity contribution is 9.10. The van der Waals surface area contributed by atoms with Crippen molar-refractivity contribution >= 4 is 33.5 Å². The van der Waals surface area contributed by atoms with Gasteiger partial charge in [0.1, 0.15) is 11.5 Å². The van der Waals surface area contributed by atoms with E-state index < -0.39 is 5.97 Å². The highest BCUT2D eigenvalue weighted by Crippen LogP contribution is 2.28. The van der Waals surface area contributed by atoms with E-state index in [2.05, 4.69) is 25.9 Å². The summed E-state index contributed by atoms with van der Waals surface area (Å²) in [5.74, 6) is -0.580. The lowest BCUT2D eigenvalue weighted by Gasteiger charge is -2.01. The van der Waals surface area contributed by atoms with Gasteiger partial charge >= 0.3 is 5.97 Å². The van der Waals surface area contributed by atoms with E-state index in [4.69, 9.17) is 16.7 Å². The first-order chi connectivity index (χ1) is 7.58. The Labute approximate surface area is 104 Å². The third-order valence-electron chi connectivity index (χ3n) is 1.99. The van der Waals surface area contributed by atoms with Gasteiger partial charge in [0.15, 0.2) is 0 Å². The number of nitrogens with one attached hydrogen (secondary N) is 1. The van der Waals surface area contributed by atoms with E-state index in [1.54, 1.807) is 18.2 Å². The maximum Gasteiger partial charge on any atom is 0.353 e. The Morgan fingerprint density at radius 3 is 2.88 bits per heavy atom. The van der Waals surface area contributed by atoms with E-state index in [1.165, 1.54) is 6.20 Å². The van der Waals surface area contributed by atoms with Gasteiger partial charge in [0.25, 0.3) is 0 Å². The highest BCUT2D eigenvalue weighted by Gasteiger charge is 2.11. The quantitative estimate of drug-likeness (QED) is 0.895. The van der Waals surface area contributed by atoms with Crippen LogP contribution in [0, 0.1) is 0 Å². The number of rotatable bonds is 2. The average Bonchev–Trinajstić information content (AvgIpc) is 2.70. The Kier molecular flexibility index (Phi) is 2.98. The Balaban J connectivity index is 2.50. The average molecular weight is 302 g/mol. The number of aromatic amines is 1. The summed E-state index contributed by atoms with van der Waals surface area (Å²) in [6.45, 7) is 0. The standard InChI is InChI=1S/C10H6BrClN2O2/c11-7-2-1-5(12)3-6(7)9-13-4-8(14-9)10(15)16/h1-4H,(H,13,14)(H,15,16). The summed E-state index contributed by atoms with van der Waals surface area (Å²) >= 11 is 9.20. The fourth-order valence-electron chi connectivity index (χ4n) is 1.25. The van der Waals surface area contributed by atoms with Crippen LogP contribution in [0.15, 0.2) is 28.9 Å². The number of aromatic carboxylic acids is 1. The minimum absolute atomic E-state index is 0.0434. The van der Waals surface area contributed by atoms with E-state index in [0.717, 1.165) is 10.0 Å². The number of carboxylic acid groups (broad SMARTS) is 1. The molecule has 2 N–H and O–H groups in total. The van der Waals surface area contributed by atoms with Crippen LogP contribution in [0.3, 0.4) is 0 Å². The van der Waals surface area contributed by atoms with Gasteiger partial charge in [-0.25, -0.2) is 9.78 Å². The molecule has 0 amide bonds. The molecule has 4 nitrogen and oxygen atoms in total. The number of hydrogen-bond acceptors (Lipinski definition) is 2. The second kappa shape index (κ2) is 4.27. The van der Waals surface area contributed by atoms with Crippen LogP contribution < -0.4 is 0 Å². The molecule has 16 heavy (non-hydrogen) atoms. The van der Waals surface area contributed by atoms with Gasteiger partial charge in [0, 0.05) is 15.1 Å². The molecule has 0 saturated heterocycles. The first-order valence-electron chi connectivity index (χ1n) is 4.31. The van der Waals surface area contributed by atoms with E-state index in [1.807, 2.05) is 0 Å². The Morgan fingerprint density at radius 1 is 1.50 bits per heavy atom. The van der Waals surface area contributed by atoms with Crippen LogP contribution in [0.25, 0.3) is 11.4 Å². The number of aromatic nitrogens is 2. The van der Waals surface area contributed by atoms with Gasteiger partial charge in [-0.1, -0.05) is 27.5 Å². The fourth-order valence-corrected chi connectivity index (χ4v) is 1.85. The number of halogens is 2. The summed E-state index contributed by atoms with van der Waals surface area (Å²) in [7, 11) is 0. The summed E-state index contributed by atoms with van der Waals surface area (Å²) in [6.07, 6.45) is 1.27. The van der Waals surface area contributed by atoms with Crippen molar-refractivity contribution in [3.8, 4) is 11.4 Å². The molecule has 82 valence electrons. The molecular weight excluding hydrogens is 295 g/mol. The van der Waals surface area contributed by atoms with Crippen LogP contribution in [0.4, 0.5) is 0 Å². The summed E-state index contributed by atoms with van der Waals surface area (Å²) < 4.78 is 0.795. The monoisotopic (exact) mass is 300 g/mol. The van der Waals surface area contributed by atoms with Crippen molar-refractivity contribution in [2.75, 3.05) is 0 Å². The van der Waals surface area contributed by atoms with Gasteiger partial charge in [0.05, 0.1) is 6.20 Å². The molecule has 0 bridgehead atoms. The zero-order chi connectivity index (χ0) is 11.7. The highest BCUT2D eigenvalue weighted by atomic mass is 79.9. The molecule has 1 aromatic heterocycles. The van der Waals surface area contributed by atoms with Crippen LogP contribution in [0.2, 0.25) is 5.02 Å². The zero-order valence-electron chi connectivity index (χ0n) is 7.87. The molecule has 2 aromatic rings. The van der Waals surface area contributed by atoms with Crippen LogP contribution >= 0.6 is 27.5 Å². The minimum atomic E-state index is -1.04. The van der Waals surface area contributed by atoms with Gasteiger partial charge in [-0.2, -0.15) is 0 Å². The van der Waals surface area contributed by atoms with Gasteiger partial charge in [-0.15, -0.1) is 0 Å². The number of carboxylic acids is 1. The van der Waals surface area contributed by atoms with Crippen molar-refractivity contribution < 1.29 is 9.90 Å². The van der Waals surface area contributed by atoms with E-state index in [9.17, 15) is 4.79 Å². The van der Waals surface area contributed by atoms with Crippen molar-refractivity contribution in [3.63, 3.8) is 0 Å². The fraction of sp³-hybridized carbons (Fsp3) is 0. The molecule has 0 saturated carbocycles. The summed E-state index contributed by atoms with van der Waals surface area (Å²) in [6, 6.07) is 5.22. The van der Waals surface area contributed by atoms with Crippen LogP contribution in [-0.4, -0.2) is 21.0 Å². The van der Waals surface area contributed by atoms with Crippen molar-refractivity contribution in [3.05, 3.63) is 39.6 Å². The molecule has 0 radical (unpaired) electrons. The largest absolute Gasteiger partial charge is 0.477 e.